The SMILES string of the molecule is COc1ccc(C2SCC(=O)Nc3c2c(=O)[nH]n3C2CCCC2)cc1. The molecule has 1 atom stereocenters. The molecule has 1 fully saturated rings. The Labute approximate surface area is 149 Å². The molecule has 2 aliphatic rings. The van der Waals surface area contributed by atoms with Crippen LogP contribution < -0.4 is 15.6 Å². The van der Waals surface area contributed by atoms with E-state index in [1.807, 2.05) is 28.9 Å². The molecule has 0 saturated heterocycles. The molecule has 6 nitrogen and oxygen atoms in total. The van der Waals surface area contributed by atoms with Crippen LogP contribution in [-0.2, 0) is 4.79 Å². The maximum atomic E-state index is 12.7. The van der Waals surface area contributed by atoms with Crippen LogP contribution in [0.2, 0.25) is 0 Å². The lowest BCUT2D eigenvalue weighted by molar-refractivity contribution is -0.113. The largest absolute Gasteiger partial charge is 0.497 e. The zero-order valence-corrected chi connectivity index (χ0v) is 14.9. The van der Waals surface area contributed by atoms with Crippen molar-refractivity contribution in [3.63, 3.8) is 0 Å². The van der Waals surface area contributed by atoms with Gasteiger partial charge in [-0.2, -0.15) is 0 Å². The van der Waals surface area contributed by atoms with Crippen molar-refractivity contribution in [3.8, 4) is 5.75 Å². The molecule has 7 heteroatoms. The summed E-state index contributed by atoms with van der Waals surface area (Å²) in [7, 11) is 1.63. The van der Waals surface area contributed by atoms with Gasteiger partial charge in [-0.1, -0.05) is 25.0 Å². The van der Waals surface area contributed by atoms with E-state index in [-0.39, 0.29) is 22.8 Å². The fourth-order valence-corrected chi connectivity index (χ4v) is 4.85. The van der Waals surface area contributed by atoms with Crippen molar-refractivity contribution >= 4 is 23.5 Å². The van der Waals surface area contributed by atoms with Crippen LogP contribution >= 0.6 is 11.8 Å². The standard InChI is InChI=1S/C18H21N3O3S/c1-24-13-8-6-11(7-9-13)16-15-17(19-14(22)10-25-16)21(20-18(15)23)12-4-2-3-5-12/h6-9,12,16H,2-5,10H2,1H3,(H,19,22)(H,20,23). The number of ether oxygens (including phenoxy) is 1. The summed E-state index contributed by atoms with van der Waals surface area (Å²) in [5, 5.41) is 5.76. The highest BCUT2D eigenvalue weighted by Crippen LogP contribution is 2.42. The lowest BCUT2D eigenvalue weighted by Crippen LogP contribution is -2.18. The van der Waals surface area contributed by atoms with Crippen molar-refractivity contribution in [1.82, 2.24) is 9.78 Å². The Morgan fingerprint density at radius 2 is 1.88 bits per heavy atom. The van der Waals surface area contributed by atoms with Gasteiger partial charge in [-0.05, 0) is 30.5 Å². The Balaban J connectivity index is 1.80. The monoisotopic (exact) mass is 359 g/mol. The number of hydrogen-bond donors (Lipinski definition) is 2. The van der Waals surface area contributed by atoms with Gasteiger partial charge in [-0.25, -0.2) is 0 Å². The molecule has 1 unspecified atom stereocenters. The van der Waals surface area contributed by atoms with E-state index in [9.17, 15) is 9.59 Å². The molecule has 0 radical (unpaired) electrons. The minimum atomic E-state index is -0.175. The summed E-state index contributed by atoms with van der Waals surface area (Å²) in [4.78, 5) is 25.0. The molecule has 2 heterocycles. The molecule has 0 bridgehead atoms. The number of thioether (sulfide) groups is 1. The quantitative estimate of drug-likeness (QED) is 0.883. The Morgan fingerprint density at radius 3 is 2.56 bits per heavy atom. The van der Waals surface area contributed by atoms with Gasteiger partial charge >= 0.3 is 0 Å². The van der Waals surface area contributed by atoms with Crippen LogP contribution in [0.4, 0.5) is 5.82 Å². The molecule has 1 amide bonds. The van der Waals surface area contributed by atoms with Crippen LogP contribution in [0.3, 0.4) is 0 Å². The number of nitrogens with zero attached hydrogens (tertiary/aromatic N) is 1. The normalized spacial score (nSPS) is 20.8. The highest BCUT2D eigenvalue weighted by Gasteiger charge is 2.32. The third kappa shape index (κ3) is 2.97. The number of carbonyl (C=O) groups is 1. The fourth-order valence-electron chi connectivity index (χ4n) is 3.72. The van der Waals surface area contributed by atoms with Gasteiger partial charge in [0.2, 0.25) is 5.91 Å². The van der Waals surface area contributed by atoms with Crippen molar-refractivity contribution in [2.45, 2.75) is 37.0 Å². The summed E-state index contributed by atoms with van der Waals surface area (Å²) < 4.78 is 7.11. The Morgan fingerprint density at radius 1 is 1.16 bits per heavy atom. The second kappa shape index (κ2) is 6.63. The number of aromatic nitrogens is 2. The summed E-state index contributed by atoms with van der Waals surface area (Å²) in [6, 6.07) is 7.96. The summed E-state index contributed by atoms with van der Waals surface area (Å²) in [5.74, 6) is 1.69. The molecule has 2 N–H and O–H groups in total. The van der Waals surface area contributed by atoms with Crippen LogP contribution in [0.15, 0.2) is 29.1 Å². The predicted octanol–water partition coefficient (Wildman–Crippen LogP) is 3.07. The van der Waals surface area contributed by atoms with Crippen LogP contribution in [-0.4, -0.2) is 28.6 Å². The number of amides is 1. The maximum absolute atomic E-state index is 12.7. The summed E-state index contributed by atoms with van der Waals surface area (Å²) in [5.41, 5.74) is 1.53. The van der Waals surface area contributed by atoms with E-state index in [1.165, 1.54) is 11.8 Å². The second-order valence-corrected chi connectivity index (χ2v) is 7.62. The number of rotatable bonds is 3. The van der Waals surface area contributed by atoms with E-state index in [0.717, 1.165) is 37.0 Å². The van der Waals surface area contributed by atoms with Gasteiger partial charge in [0, 0.05) is 0 Å². The number of H-pyrrole nitrogens is 1. The number of anilines is 1. The summed E-state index contributed by atoms with van der Waals surface area (Å²) in [6.45, 7) is 0. The van der Waals surface area contributed by atoms with E-state index >= 15 is 0 Å². The van der Waals surface area contributed by atoms with E-state index in [2.05, 4.69) is 10.4 Å². The van der Waals surface area contributed by atoms with E-state index < -0.39 is 0 Å². The lowest BCUT2D eigenvalue weighted by Gasteiger charge is -2.17. The fraction of sp³-hybridized carbons (Fsp3) is 0.444. The van der Waals surface area contributed by atoms with Gasteiger partial charge in [-0.15, -0.1) is 11.8 Å². The van der Waals surface area contributed by atoms with Crippen LogP contribution in [0, 0.1) is 0 Å². The van der Waals surface area contributed by atoms with Crippen molar-refractivity contribution in [2.24, 2.45) is 0 Å². The Kier molecular flexibility index (Phi) is 4.33. The zero-order chi connectivity index (χ0) is 17.4. The van der Waals surface area contributed by atoms with E-state index in [1.54, 1.807) is 7.11 Å². The van der Waals surface area contributed by atoms with Crippen molar-refractivity contribution in [1.29, 1.82) is 0 Å². The third-order valence-corrected chi connectivity index (χ3v) is 6.24. The Hall–Kier alpha value is -2.15. The highest BCUT2D eigenvalue weighted by atomic mass is 32.2. The highest BCUT2D eigenvalue weighted by molar-refractivity contribution is 8.00. The minimum absolute atomic E-state index is 0.0620. The number of benzene rings is 1. The maximum Gasteiger partial charge on any atom is 0.270 e. The molecule has 1 aliphatic carbocycles. The first kappa shape index (κ1) is 16.3. The van der Waals surface area contributed by atoms with Crippen LogP contribution in [0.25, 0.3) is 0 Å². The molecular formula is C18H21N3O3S. The summed E-state index contributed by atoms with van der Waals surface area (Å²) in [6.07, 6.45) is 4.38. The first-order valence-electron chi connectivity index (χ1n) is 8.57. The molecule has 2 aromatic rings. The lowest BCUT2D eigenvalue weighted by atomic mass is 10.1. The van der Waals surface area contributed by atoms with Crippen molar-refractivity contribution in [2.75, 3.05) is 18.2 Å². The topological polar surface area (TPSA) is 76.1 Å². The van der Waals surface area contributed by atoms with Gasteiger partial charge in [0.1, 0.15) is 11.6 Å². The molecule has 1 saturated carbocycles. The van der Waals surface area contributed by atoms with Crippen LogP contribution in [0.5, 0.6) is 5.75 Å². The molecule has 1 aromatic heterocycles. The van der Waals surface area contributed by atoms with Gasteiger partial charge in [0.05, 0.1) is 29.7 Å². The van der Waals surface area contributed by atoms with Gasteiger partial charge in [0.25, 0.3) is 5.56 Å². The third-order valence-electron chi connectivity index (χ3n) is 4.97. The smallest absolute Gasteiger partial charge is 0.270 e. The van der Waals surface area contributed by atoms with E-state index in [4.69, 9.17) is 4.74 Å². The molecule has 0 spiro atoms. The number of aromatic amines is 1. The number of nitrogens with one attached hydrogen (secondary N) is 2. The predicted molar refractivity (Wildman–Crippen MR) is 98.5 cm³/mol. The molecule has 132 valence electrons. The summed E-state index contributed by atoms with van der Waals surface area (Å²) >= 11 is 1.49. The van der Waals surface area contributed by atoms with Gasteiger partial charge < -0.3 is 10.1 Å². The van der Waals surface area contributed by atoms with Gasteiger partial charge in [-0.3, -0.25) is 19.4 Å². The number of methoxy groups -OCH3 is 1. The van der Waals surface area contributed by atoms with Gasteiger partial charge in [0.15, 0.2) is 0 Å². The van der Waals surface area contributed by atoms with Crippen LogP contribution in [0.1, 0.15) is 48.1 Å². The zero-order valence-electron chi connectivity index (χ0n) is 14.1. The van der Waals surface area contributed by atoms with E-state index in [0.29, 0.717) is 17.1 Å². The molecule has 4 rings (SSSR count). The molecule has 1 aliphatic heterocycles. The average molecular weight is 359 g/mol. The molecule has 25 heavy (non-hydrogen) atoms. The van der Waals surface area contributed by atoms with Crippen molar-refractivity contribution in [3.05, 3.63) is 45.7 Å². The number of carbonyl (C=O) groups excluding carboxylic acids is 1. The molecule has 1 aromatic carbocycles. The molecular weight excluding hydrogens is 338 g/mol. The first-order valence-corrected chi connectivity index (χ1v) is 9.62. The first-order chi connectivity index (χ1) is 12.2. The average Bonchev–Trinajstić information content (AvgIpc) is 3.21. The second-order valence-electron chi connectivity index (χ2n) is 6.52. The van der Waals surface area contributed by atoms with Crippen molar-refractivity contribution < 1.29 is 9.53 Å². The number of fused-ring (bicyclic) bond motifs is 1. The minimum Gasteiger partial charge on any atom is -0.497 e. The number of hydrogen-bond acceptors (Lipinski definition) is 4. The Bertz CT molecular complexity index is 834.